The van der Waals surface area contributed by atoms with Crippen LogP contribution >= 0.6 is 47.5 Å². The monoisotopic (exact) mass is 902 g/mol. The molecule has 0 heterocycles. The minimum Gasteiger partial charge on any atom is -0.481 e. The van der Waals surface area contributed by atoms with Crippen molar-refractivity contribution in [2.24, 2.45) is 0 Å². The van der Waals surface area contributed by atoms with Crippen LogP contribution in [0.3, 0.4) is 0 Å². The highest BCUT2D eigenvalue weighted by Crippen LogP contribution is 2.18. The summed E-state index contributed by atoms with van der Waals surface area (Å²) in [6, 6.07) is 0. The fourth-order valence-electron chi connectivity index (χ4n) is 7.58. The van der Waals surface area contributed by atoms with E-state index in [1.807, 2.05) is 0 Å². The Bertz CT molecular complexity index is 843. The molecule has 0 spiro atoms. The Morgan fingerprint density at radius 1 is 0.458 bits per heavy atom. The van der Waals surface area contributed by atoms with Crippen molar-refractivity contribution >= 4 is 63.6 Å². The molecule has 0 radical (unpaired) electrons. The van der Waals surface area contributed by atoms with Crippen LogP contribution < -0.4 is 5.32 Å². The Labute approximate surface area is 387 Å². The molecule has 1 atom stereocenters. The van der Waals surface area contributed by atoms with E-state index < -0.39 is 0 Å². The molecule has 0 saturated heterocycles. The second kappa shape index (κ2) is 50.7. The Balaban J connectivity index is 4.30. The standard InChI is InChI=1S/C51H99NO3S4/c1-4-7-10-13-16-19-22-25-26-29-32-35-38-41-51(56)55-48(44-52-49(53)46-57-42-39-36-33-30-27-23-20-17-14-11-8-5-2)45-59-50(54)47-58-43-40-37-34-31-28-24-21-18-15-12-9-6-3/h48H,4-47H2,1-3H3,(H,52,53). The van der Waals surface area contributed by atoms with Crippen molar-refractivity contribution in [1.29, 1.82) is 0 Å². The number of rotatable bonds is 49. The number of unbranched alkanes of at least 4 members (excludes halogenated alkanes) is 34. The molecule has 4 nitrogen and oxygen atoms in total. The van der Waals surface area contributed by atoms with E-state index in [1.54, 1.807) is 23.5 Å². The molecule has 0 aromatic carbocycles. The van der Waals surface area contributed by atoms with Crippen LogP contribution in [-0.2, 0) is 14.3 Å². The number of carbonyl (C=O) groups is 2. The average Bonchev–Trinajstić information content (AvgIpc) is 3.23. The largest absolute Gasteiger partial charge is 0.481 e. The molecule has 0 aromatic heterocycles. The molecule has 0 fully saturated rings. The highest BCUT2D eigenvalue weighted by atomic mass is 32.2. The summed E-state index contributed by atoms with van der Waals surface area (Å²) in [7, 11) is 0. The lowest BCUT2D eigenvalue weighted by Crippen LogP contribution is -2.37. The van der Waals surface area contributed by atoms with Crippen LogP contribution in [0.1, 0.15) is 265 Å². The van der Waals surface area contributed by atoms with Gasteiger partial charge in [-0.1, -0.05) is 251 Å². The van der Waals surface area contributed by atoms with Gasteiger partial charge in [-0.2, -0.15) is 23.5 Å². The molecule has 1 N–H and O–H groups in total. The van der Waals surface area contributed by atoms with Crippen molar-refractivity contribution < 1.29 is 14.3 Å². The summed E-state index contributed by atoms with van der Waals surface area (Å²) in [5.74, 6) is 3.70. The molecular formula is C51H99NO3S4. The summed E-state index contributed by atoms with van der Waals surface area (Å²) in [5.41, 5.74) is 0. The Morgan fingerprint density at radius 3 is 1.15 bits per heavy atom. The maximum atomic E-state index is 12.8. The number of amides is 1. The van der Waals surface area contributed by atoms with Crippen molar-refractivity contribution in [3.8, 4) is 0 Å². The van der Waals surface area contributed by atoms with Crippen molar-refractivity contribution in [3.63, 3.8) is 0 Å². The lowest BCUT2D eigenvalue weighted by molar-refractivity contribution is -0.118. The Morgan fingerprint density at radius 2 is 0.780 bits per heavy atom. The van der Waals surface area contributed by atoms with Gasteiger partial charge < -0.3 is 10.1 Å². The molecule has 59 heavy (non-hydrogen) atoms. The van der Waals surface area contributed by atoms with Gasteiger partial charge in [0.1, 0.15) is 6.10 Å². The smallest absolute Gasteiger partial charge is 0.230 e. The predicted molar refractivity (Wildman–Crippen MR) is 275 cm³/mol. The van der Waals surface area contributed by atoms with Crippen LogP contribution in [0.25, 0.3) is 0 Å². The summed E-state index contributed by atoms with van der Waals surface area (Å²) in [6.07, 6.45) is 50.3. The van der Waals surface area contributed by atoms with Crippen molar-refractivity contribution in [2.75, 3.05) is 35.3 Å². The summed E-state index contributed by atoms with van der Waals surface area (Å²) < 4.78 is 6.24. The fourth-order valence-corrected chi connectivity index (χ4v) is 10.6. The van der Waals surface area contributed by atoms with Gasteiger partial charge >= 0.3 is 0 Å². The van der Waals surface area contributed by atoms with Gasteiger partial charge in [0.05, 0.1) is 18.1 Å². The Kier molecular flexibility index (Phi) is 50.8. The van der Waals surface area contributed by atoms with Gasteiger partial charge in [0, 0.05) is 12.2 Å². The van der Waals surface area contributed by atoms with Gasteiger partial charge in [-0.25, -0.2) is 0 Å². The lowest BCUT2D eigenvalue weighted by Gasteiger charge is -2.20. The number of thioether (sulfide) groups is 3. The van der Waals surface area contributed by atoms with E-state index in [-0.39, 0.29) is 17.1 Å². The van der Waals surface area contributed by atoms with Crippen LogP contribution in [-0.4, -0.2) is 57.5 Å². The molecule has 0 aliphatic rings. The van der Waals surface area contributed by atoms with Gasteiger partial charge in [-0.15, -0.1) is 0 Å². The van der Waals surface area contributed by atoms with Gasteiger partial charge in [-0.3, -0.25) is 9.59 Å². The van der Waals surface area contributed by atoms with Crippen molar-refractivity contribution in [3.05, 3.63) is 0 Å². The molecule has 0 aliphatic heterocycles. The number of hydrogen-bond donors (Lipinski definition) is 1. The minimum atomic E-state index is -0.273. The van der Waals surface area contributed by atoms with Crippen molar-refractivity contribution in [1.82, 2.24) is 5.32 Å². The summed E-state index contributed by atoms with van der Waals surface area (Å²) >= 11 is 10.5. The maximum absolute atomic E-state index is 12.8. The highest BCUT2D eigenvalue weighted by molar-refractivity contribution is 8.15. The summed E-state index contributed by atoms with van der Waals surface area (Å²) in [6.45, 7) is 7.25. The maximum Gasteiger partial charge on any atom is 0.230 e. The van der Waals surface area contributed by atoms with Crippen LogP contribution in [0.2, 0.25) is 0 Å². The van der Waals surface area contributed by atoms with E-state index in [9.17, 15) is 9.59 Å². The van der Waals surface area contributed by atoms with E-state index in [0.717, 1.165) is 24.3 Å². The van der Waals surface area contributed by atoms with E-state index in [1.165, 1.54) is 243 Å². The molecule has 0 bridgehead atoms. The first-order valence-electron chi connectivity index (χ1n) is 25.8. The van der Waals surface area contributed by atoms with Crippen LogP contribution in [0.4, 0.5) is 0 Å². The third-order valence-corrected chi connectivity index (χ3v) is 15.1. The summed E-state index contributed by atoms with van der Waals surface area (Å²) in [4.78, 5) is 25.6. The number of ether oxygens (including phenoxy) is 1. The second-order valence-electron chi connectivity index (χ2n) is 17.5. The lowest BCUT2D eigenvalue weighted by atomic mass is 10.0. The average molecular weight is 903 g/mol. The van der Waals surface area contributed by atoms with E-state index in [4.69, 9.17) is 17.0 Å². The van der Waals surface area contributed by atoms with Crippen molar-refractivity contribution in [2.45, 2.75) is 271 Å². The van der Waals surface area contributed by atoms with Crippen LogP contribution in [0.15, 0.2) is 0 Å². The molecule has 0 aliphatic carbocycles. The van der Waals surface area contributed by atoms with Gasteiger partial charge in [0.2, 0.25) is 5.91 Å². The molecule has 8 heteroatoms. The van der Waals surface area contributed by atoms with E-state index in [2.05, 4.69) is 26.1 Å². The van der Waals surface area contributed by atoms with Crippen LogP contribution in [0.5, 0.6) is 0 Å². The number of carbonyl (C=O) groups excluding carboxylic acids is 2. The Hall–Kier alpha value is 0.0800. The first-order valence-corrected chi connectivity index (χ1v) is 29.5. The second-order valence-corrected chi connectivity index (χ2v) is 21.2. The first kappa shape index (κ1) is 59.1. The third kappa shape index (κ3) is 49.0. The third-order valence-electron chi connectivity index (χ3n) is 11.5. The van der Waals surface area contributed by atoms with Gasteiger partial charge in [-0.05, 0) is 43.0 Å². The zero-order valence-electron chi connectivity index (χ0n) is 39.5. The molecule has 0 rings (SSSR count). The summed E-state index contributed by atoms with van der Waals surface area (Å²) in [5, 5.41) is 3.93. The van der Waals surface area contributed by atoms with E-state index in [0.29, 0.717) is 28.9 Å². The highest BCUT2D eigenvalue weighted by Gasteiger charge is 2.17. The molecule has 0 aromatic rings. The quantitative estimate of drug-likeness (QED) is 0.0482. The minimum absolute atomic E-state index is 0.0549. The molecule has 1 unspecified atom stereocenters. The molecule has 0 saturated carbocycles. The SMILES string of the molecule is CCCCCCCCCCCCCCCC(=S)OC(CNC(=O)CSCCCCCCCCCCCCCC)CSC(=O)CSCCCCCCCCCCCCCC. The topological polar surface area (TPSA) is 55.4 Å². The van der Waals surface area contributed by atoms with Gasteiger partial charge in [0.25, 0.3) is 0 Å². The van der Waals surface area contributed by atoms with E-state index >= 15 is 0 Å². The molecular weight excluding hydrogens is 803 g/mol. The molecule has 350 valence electrons. The zero-order chi connectivity index (χ0) is 43.0. The predicted octanol–water partition coefficient (Wildman–Crippen LogP) is 17.4. The van der Waals surface area contributed by atoms with Crippen LogP contribution in [0, 0.1) is 0 Å². The first-order chi connectivity index (χ1) is 29.0. The number of nitrogens with one attached hydrogen (secondary N) is 1. The van der Waals surface area contributed by atoms with Gasteiger partial charge in [0.15, 0.2) is 10.2 Å². The number of thiocarbonyl (C=S) groups is 1. The number of hydrogen-bond acceptors (Lipinski definition) is 7. The normalized spacial score (nSPS) is 11.9. The molecule has 1 amide bonds. The zero-order valence-corrected chi connectivity index (χ0v) is 42.8. The fraction of sp³-hybridized carbons (Fsp3) is 0.941.